The minimum absolute atomic E-state index is 0.0245. The number of pyridine rings is 1. The lowest BCUT2D eigenvalue weighted by atomic mass is 9.96. The van der Waals surface area contributed by atoms with Crippen molar-refractivity contribution in [1.29, 1.82) is 0 Å². The zero-order valence-corrected chi connectivity index (χ0v) is 12.7. The van der Waals surface area contributed by atoms with Gasteiger partial charge in [0.15, 0.2) is 0 Å². The van der Waals surface area contributed by atoms with E-state index >= 15 is 0 Å². The average Bonchev–Trinajstić information content (AvgIpc) is 2.47. The van der Waals surface area contributed by atoms with E-state index in [0.29, 0.717) is 17.5 Å². The lowest BCUT2D eigenvalue weighted by Gasteiger charge is -2.39. The molecule has 0 aliphatic carbocycles. The molecule has 0 aromatic carbocycles. The molecule has 1 saturated heterocycles. The van der Waals surface area contributed by atoms with Crippen molar-refractivity contribution in [3.63, 3.8) is 0 Å². The summed E-state index contributed by atoms with van der Waals surface area (Å²) in [4.78, 5) is 18.9. The van der Waals surface area contributed by atoms with Gasteiger partial charge in [0.2, 0.25) is 0 Å². The highest BCUT2D eigenvalue weighted by atomic mass is 16.2. The fourth-order valence-electron chi connectivity index (χ4n) is 2.85. The Bertz CT molecular complexity index is 549. The van der Waals surface area contributed by atoms with Crippen LogP contribution in [0.5, 0.6) is 0 Å². The molecule has 2 heterocycles. The molecule has 2 rings (SSSR count). The Kier molecular flexibility index (Phi) is 5.35. The first-order valence-corrected chi connectivity index (χ1v) is 7.51. The molecule has 0 bridgehead atoms. The molecule has 112 valence electrons. The van der Waals surface area contributed by atoms with Crippen molar-refractivity contribution < 1.29 is 9.90 Å². The minimum Gasteiger partial charge on any atom is -0.395 e. The molecule has 2 unspecified atom stereocenters. The lowest BCUT2D eigenvalue weighted by Crippen LogP contribution is -2.47. The van der Waals surface area contributed by atoms with Crippen molar-refractivity contribution >= 4 is 5.91 Å². The topological polar surface area (TPSA) is 53.4 Å². The Hall–Kier alpha value is -1.86. The molecule has 4 heteroatoms. The Morgan fingerprint density at radius 2 is 2.14 bits per heavy atom. The summed E-state index contributed by atoms with van der Waals surface area (Å²) in [6.45, 7) is 4.23. The van der Waals surface area contributed by atoms with Gasteiger partial charge in [0, 0.05) is 30.9 Å². The molecule has 21 heavy (non-hydrogen) atoms. The summed E-state index contributed by atoms with van der Waals surface area (Å²) in [7, 11) is 0. The highest BCUT2D eigenvalue weighted by Crippen LogP contribution is 2.25. The van der Waals surface area contributed by atoms with E-state index in [4.69, 9.17) is 5.11 Å². The van der Waals surface area contributed by atoms with Crippen LogP contribution in [-0.4, -0.2) is 39.6 Å². The van der Waals surface area contributed by atoms with Crippen molar-refractivity contribution in [2.75, 3.05) is 6.61 Å². The predicted octanol–water partition coefficient (Wildman–Crippen LogP) is 2.22. The van der Waals surface area contributed by atoms with Gasteiger partial charge in [-0.1, -0.05) is 11.8 Å². The Morgan fingerprint density at radius 1 is 1.43 bits per heavy atom. The molecule has 0 saturated carbocycles. The van der Waals surface area contributed by atoms with Gasteiger partial charge in [-0.05, 0) is 39.2 Å². The first-order valence-electron chi connectivity index (χ1n) is 7.51. The van der Waals surface area contributed by atoms with Gasteiger partial charge in [0.25, 0.3) is 5.91 Å². The van der Waals surface area contributed by atoms with Crippen molar-refractivity contribution in [2.45, 2.75) is 51.6 Å². The van der Waals surface area contributed by atoms with E-state index in [1.54, 1.807) is 18.5 Å². The van der Waals surface area contributed by atoms with Crippen LogP contribution in [0.2, 0.25) is 0 Å². The second kappa shape index (κ2) is 7.24. The predicted molar refractivity (Wildman–Crippen MR) is 81.8 cm³/mol. The minimum atomic E-state index is 0.0245. The number of amides is 1. The van der Waals surface area contributed by atoms with Gasteiger partial charge in [-0.3, -0.25) is 9.78 Å². The molecule has 1 amide bonds. The van der Waals surface area contributed by atoms with Crippen LogP contribution in [0.4, 0.5) is 0 Å². The Morgan fingerprint density at radius 3 is 2.81 bits per heavy atom. The smallest absolute Gasteiger partial charge is 0.255 e. The number of carbonyl (C=O) groups excluding carboxylic acids is 1. The third-order valence-corrected chi connectivity index (χ3v) is 3.94. The number of piperidine rings is 1. The quantitative estimate of drug-likeness (QED) is 0.848. The molecule has 2 atom stereocenters. The summed E-state index contributed by atoms with van der Waals surface area (Å²) >= 11 is 0. The number of nitrogens with zero attached hydrogens (tertiary/aromatic N) is 2. The van der Waals surface area contributed by atoms with Crippen LogP contribution in [-0.2, 0) is 0 Å². The molecular formula is C17H22N2O2. The molecule has 1 aliphatic rings. The second-order valence-electron chi connectivity index (χ2n) is 5.54. The molecule has 0 spiro atoms. The van der Waals surface area contributed by atoms with Gasteiger partial charge in [-0.25, -0.2) is 0 Å². The van der Waals surface area contributed by atoms with Crippen LogP contribution in [0.15, 0.2) is 18.5 Å². The third-order valence-electron chi connectivity index (χ3n) is 3.94. The van der Waals surface area contributed by atoms with E-state index in [-0.39, 0.29) is 24.6 Å². The number of hydrogen-bond acceptors (Lipinski definition) is 3. The SMILES string of the molecule is CC1CCCC(C)N1C(=O)c1ccncc1C#CCCO. The number of aliphatic hydroxyl groups is 1. The van der Waals surface area contributed by atoms with Gasteiger partial charge in [0.05, 0.1) is 17.7 Å². The fraction of sp³-hybridized carbons (Fsp3) is 0.529. The summed E-state index contributed by atoms with van der Waals surface area (Å²) in [6.07, 6.45) is 6.92. The van der Waals surface area contributed by atoms with E-state index in [1.165, 1.54) is 6.42 Å². The lowest BCUT2D eigenvalue weighted by molar-refractivity contribution is 0.0510. The largest absolute Gasteiger partial charge is 0.395 e. The number of carbonyl (C=O) groups is 1. The van der Waals surface area contributed by atoms with E-state index < -0.39 is 0 Å². The van der Waals surface area contributed by atoms with Gasteiger partial charge in [0.1, 0.15) is 0 Å². The van der Waals surface area contributed by atoms with E-state index in [0.717, 1.165) is 12.8 Å². The van der Waals surface area contributed by atoms with Gasteiger partial charge < -0.3 is 10.0 Å². The summed E-state index contributed by atoms with van der Waals surface area (Å²) in [5.41, 5.74) is 1.25. The fourth-order valence-corrected chi connectivity index (χ4v) is 2.85. The maximum absolute atomic E-state index is 12.9. The van der Waals surface area contributed by atoms with Crippen molar-refractivity contribution in [2.24, 2.45) is 0 Å². The molecule has 4 nitrogen and oxygen atoms in total. The van der Waals surface area contributed by atoms with Crippen LogP contribution in [0.25, 0.3) is 0 Å². The third kappa shape index (κ3) is 3.62. The average molecular weight is 286 g/mol. The first-order chi connectivity index (χ1) is 10.1. The Labute approximate surface area is 126 Å². The number of rotatable bonds is 2. The van der Waals surface area contributed by atoms with Crippen LogP contribution >= 0.6 is 0 Å². The van der Waals surface area contributed by atoms with Crippen molar-refractivity contribution in [1.82, 2.24) is 9.88 Å². The molecule has 1 aliphatic heterocycles. The first kappa shape index (κ1) is 15.5. The number of likely N-dealkylation sites (tertiary alicyclic amines) is 1. The molecule has 0 radical (unpaired) electrons. The molecular weight excluding hydrogens is 264 g/mol. The van der Waals surface area contributed by atoms with Crippen LogP contribution in [0.1, 0.15) is 55.5 Å². The molecule has 1 fully saturated rings. The van der Waals surface area contributed by atoms with Crippen LogP contribution in [0, 0.1) is 11.8 Å². The van der Waals surface area contributed by atoms with E-state index in [1.807, 2.05) is 4.90 Å². The molecule has 1 aromatic rings. The normalized spacial score (nSPS) is 21.6. The van der Waals surface area contributed by atoms with Gasteiger partial charge in [-0.15, -0.1) is 0 Å². The summed E-state index contributed by atoms with van der Waals surface area (Å²) in [5, 5.41) is 8.80. The summed E-state index contributed by atoms with van der Waals surface area (Å²) < 4.78 is 0. The number of aromatic nitrogens is 1. The van der Waals surface area contributed by atoms with Gasteiger partial charge in [-0.2, -0.15) is 0 Å². The molecule has 1 aromatic heterocycles. The van der Waals surface area contributed by atoms with E-state index in [2.05, 4.69) is 30.7 Å². The standard InChI is InChI=1S/C17H22N2O2/c1-13-6-5-7-14(2)19(13)17(21)16-9-10-18-12-15(16)8-3-4-11-20/h9-10,12-14,20H,4-7,11H2,1-2H3. The monoisotopic (exact) mass is 286 g/mol. The maximum Gasteiger partial charge on any atom is 0.255 e. The van der Waals surface area contributed by atoms with Gasteiger partial charge >= 0.3 is 0 Å². The zero-order chi connectivity index (χ0) is 15.2. The summed E-state index contributed by atoms with van der Waals surface area (Å²) in [5.74, 6) is 5.84. The summed E-state index contributed by atoms with van der Waals surface area (Å²) in [6, 6.07) is 2.25. The number of hydrogen-bond donors (Lipinski definition) is 1. The van der Waals surface area contributed by atoms with E-state index in [9.17, 15) is 4.79 Å². The van der Waals surface area contributed by atoms with Crippen molar-refractivity contribution in [3.8, 4) is 11.8 Å². The second-order valence-corrected chi connectivity index (χ2v) is 5.54. The van der Waals surface area contributed by atoms with Crippen LogP contribution < -0.4 is 0 Å². The molecule has 1 N–H and O–H groups in total. The van der Waals surface area contributed by atoms with Crippen molar-refractivity contribution in [3.05, 3.63) is 29.6 Å². The highest BCUT2D eigenvalue weighted by molar-refractivity contribution is 5.97. The maximum atomic E-state index is 12.9. The number of aliphatic hydroxyl groups excluding tert-OH is 1. The zero-order valence-electron chi connectivity index (χ0n) is 12.7. The Balaban J connectivity index is 2.29. The van der Waals surface area contributed by atoms with Crippen LogP contribution in [0.3, 0.4) is 0 Å². The highest BCUT2D eigenvalue weighted by Gasteiger charge is 2.30.